The lowest BCUT2D eigenvalue weighted by Gasteiger charge is -2.23. The van der Waals surface area contributed by atoms with E-state index in [0.717, 1.165) is 11.1 Å². The molecule has 0 amide bonds. The van der Waals surface area contributed by atoms with Gasteiger partial charge in [0.05, 0.1) is 16.8 Å². The average Bonchev–Trinajstić information content (AvgIpc) is 2.93. The van der Waals surface area contributed by atoms with Crippen LogP contribution in [0, 0.1) is 20.8 Å². The molecule has 2 rings (SSSR count). The highest BCUT2D eigenvalue weighted by Crippen LogP contribution is 2.21. The van der Waals surface area contributed by atoms with Gasteiger partial charge in [0.2, 0.25) is 10.0 Å². The van der Waals surface area contributed by atoms with E-state index < -0.39 is 15.6 Å². The highest BCUT2D eigenvalue weighted by Gasteiger charge is 2.26. The second-order valence-electron chi connectivity index (χ2n) is 6.28. The van der Waals surface area contributed by atoms with Gasteiger partial charge in [-0.05, 0) is 62.6 Å². The van der Waals surface area contributed by atoms with Crippen LogP contribution >= 0.6 is 0 Å². The van der Waals surface area contributed by atoms with Crippen molar-refractivity contribution in [1.29, 1.82) is 0 Å². The van der Waals surface area contributed by atoms with Crippen molar-refractivity contribution >= 4 is 10.0 Å². The summed E-state index contributed by atoms with van der Waals surface area (Å²) in [4.78, 5) is 0.245. The van der Waals surface area contributed by atoms with Crippen LogP contribution in [0.3, 0.4) is 0 Å². The Hall–Kier alpha value is -1.63. The van der Waals surface area contributed by atoms with Gasteiger partial charge in [0, 0.05) is 13.0 Å². The van der Waals surface area contributed by atoms with Crippen molar-refractivity contribution in [3.63, 3.8) is 0 Å². The van der Waals surface area contributed by atoms with Gasteiger partial charge in [-0.3, -0.25) is 0 Å². The molecule has 1 aromatic carbocycles. The predicted molar refractivity (Wildman–Crippen MR) is 88.9 cm³/mol. The van der Waals surface area contributed by atoms with Crippen LogP contribution in [0.25, 0.3) is 0 Å². The molecule has 0 fully saturated rings. The van der Waals surface area contributed by atoms with Crippen molar-refractivity contribution < 1.29 is 17.9 Å². The van der Waals surface area contributed by atoms with Gasteiger partial charge in [-0.25, -0.2) is 13.1 Å². The van der Waals surface area contributed by atoms with Gasteiger partial charge in [-0.1, -0.05) is 6.07 Å². The second kappa shape index (κ2) is 6.47. The average molecular weight is 337 g/mol. The number of benzene rings is 1. The van der Waals surface area contributed by atoms with E-state index in [9.17, 15) is 13.5 Å². The van der Waals surface area contributed by atoms with E-state index in [1.165, 1.54) is 6.26 Å². The first-order valence-electron chi connectivity index (χ1n) is 7.43. The summed E-state index contributed by atoms with van der Waals surface area (Å²) in [7, 11) is -3.68. The molecule has 0 aliphatic carbocycles. The molecular formula is C17H23NO4S. The molecule has 0 unspecified atom stereocenters. The van der Waals surface area contributed by atoms with Crippen molar-refractivity contribution in [2.24, 2.45) is 0 Å². The molecule has 1 heterocycles. The van der Waals surface area contributed by atoms with Gasteiger partial charge < -0.3 is 9.52 Å². The molecule has 2 aromatic rings. The lowest BCUT2D eigenvalue weighted by Crippen LogP contribution is -2.42. The zero-order valence-corrected chi connectivity index (χ0v) is 14.7. The molecule has 0 bridgehead atoms. The summed E-state index contributed by atoms with van der Waals surface area (Å²) in [6, 6.07) is 6.99. The normalized spacial score (nSPS) is 14.7. The van der Waals surface area contributed by atoms with Crippen molar-refractivity contribution in [2.45, 2.75) is 44.6 Å². The van der Waals surface area contributed by atoms with Crippen LogP contribution in [0.5, 0.6) is 0 Å². The highest BCUT2D eigenvalue weighted by molar-refractivity contribution is 7.89. The standard InChI is InChI=1S/C17H23NO4S/c1-12-8-14(3)16(9-13(12)2)23(20,21)18-11-17(4,19)10-15-6-5-7-22-15/h5-9,18-19H,10-11H2,1-4H3/t17-/m1/s1. The number of aliphatic hydroxyl groups is 1. The number of hydrogen-bond donors (Lipinski definition) is 2. The van der Waals surface area contributed by atoms with E-state index >= 15 is 0 Å². The highest BCUT2D eigenvalue weighted by atomic mass is 32.2. The number of nitrogens with one attached hydrogen (secondary N) is 1. The zero-order valence-electron chi connectivity index (χ0n) is 13.9. The largest absolute Gasteiger partial charge is 0.469 e. The Morgan fingerprint density at radius 1 is 1.17 bits per heavy atom. The van der Waals surface area contributed by atoms with Crippen LogP contribution in [-0.4, -0.2) is 25.7 Å². The number of furan rings is 1. The molecular weight excluding hydrogens is 314 g/mol. The van der Waals surface area contributed by atoms with Crippen LogP contribution < -0.4 is 4.72 Å². The summed E-state index contributed by atoms with van der Waals surface area (Å²) in [5.41, 5.74) is 1.41. The Bertz CT molecular complexity index is 777. The summed E-state index contributed by atoms with van der Waals surface area (Å²) in [5, 5.41) is 10.4. The fourth-order valence-corrected chi connectivity index (χ4v) is 3.87. The number of aryl methyl sites for hydroxylation is 3. The third-order valence-corrected chi connectivity index (χ3v) is 5.40. The van der Waals surface area contributed by atoms with Gasteiger partial charge in [-0.2, -0.15) is 0 Å². The fourth-order valence-electron chi connectivity index (χ4n) is 2.40. The predicted octanol–water partition coefficient (Wildman–Crippen LogP) is 2.48. The number of rotatable bonds is 6. The van der Waals surface area contributed by atoms with E-state index in [1.807, 2.05) is 19.9 Å². The first-order chi connectivity index (χ1) is 10.6. The van der Waals surface area contributed by atoms with Crippen molar-refractivity contribution in [1.82, 2.24) is 4.72 Å². The van der Waals surface area contributed by atoms with E-state index in [1.54, 1.807) is 32.0 Å². The summed E-state index contributed by atoms with van der Waals surface area (Å²) < 4.78 is 32.7. The van der Waals surface area contributed by atoms with Crippen LogP contribution in [-0.2, 0) is 16.4 Å². The first kappa shape index (κ1) is 17.7. The summed E-state index contributed by atoms with van der Waals surface area (Å²) in [5.74, 6) is 0.608. The van der Waals surface area contributed by atoms with Gasteiger partial charge in [0.25, 0.3) is 0 Å². The molecule has 23 heavy (non-hydrogen) atoms. The monoisotopic (exact) mass is 337 g/mol. The van der Waals surface area contributed by atoms with Gasteiger partial charge >= 0.3 is 0 Å². The third-order valence-electron chi connectivity index (χ3n) is 3.86. The number of sulfonamides is 1. The SMILES string of the molecule is Cc1cc(C)c(S(=O)(=O)NC[C@](C)(O)Cc2ccco2)cc1C. The Balaban J connectivity index is 2.14. The number of hydrogen-bond acceptors (Lipinski definition) is 4. The molecule has 1 atom stereocenters. The van der Waals surface area contributed by atoms with Crippen LogP contribution in [0.2, 0.25) is 0 Å². The topological polar surface area (TPSA) is 79.5 Å². The molecule has 0 saturated carbocycles. The maximum atomic E-state index is 12.5. The van der Waals surface area contributed by atoms with Crippen molar-refractivity contribution in [3.05, 3.63) is 53.0 Å². The van der Waals surface area contributed by atoms with E-state index in [-0.39, 0.29) is 17.9 Å². The van der Waals surface area contributed by atoms with Gasteiger partial charge in [-0.15, -0.1) is 0 Å². The molecule has 0 spiro atoms. The Labute approximate surface area is 137 Å². The quantitative estimate of drug-likeness (QED) is 0.849. The van der Waals surface area contributed by atoms with Gasteiger partial charge in [0.1, 0.15) is 5.76 Å². The molecule has 6 heteroatoms. The molecule has 0 radical (unpaired) electrons. The lowest BCUT2D eigenvalue weighted by molar-refractivity contribution is 0.0603. The Kier molecular flexibility index (Phi) is 4.98. The first-order valence-corrected chi connectivity index (χ1v) is 8.91. The van der Waals surface area contributed by atoms with Crippen molar-refractivity contribution in [3.8, 4) is 0 Å². The summed E-state index contributed by atoms with van der Waals surface area (Å²) in [6.07, 6.45) is 1.75. The smallest absolute Gasteiger partial charge is 0.240 e. The maximum absolute atomic E-state index is 12.5. The Morgan fingerprint density at radius 2 is 1.83 bits per heavy atom. The molecule has 0 aliphatic heterocycles. The molecule has 1 aromatic heterocycles. The van der Waals surface area contributed by atoms with Crippen LogP contribution in [0.1, 0.15) is 29.4 Å². The fraction of sp³-hybridized carbons (Fsp3) is 0.412. The minimum Gasteiger partial charge on any atom is -0.469 e. The molecule has 0 saturated heterocycles. The van der Waals surface area contributed by atoms with Crippen LogP contribution in [0.4, 0.5) is 0 Å². The van der Waals surface area contributed by atoms with E-state index in [0.29, 0.717) is 11.3 Å². The minimum atomic E-state index is -3.68. The Morgan fingerprint density at radius 3 is 2.43 bits per heavy atom. The molecule has 5 nitrogen and oxygen atoms in total. The second-order valence-corrected chi connectivity index (χ2v) is 8.01. The minimum absolute atomic E-state index is 0.0948. The summed E-state index contributed by atoms with van der Waals surface area (Å²) in [6.45, 7) is 7.07. The molecule has 2 N–H and O–H groups in total. The molecule has 0 aliphatic rings. The van der Waals surface area contributed by atoms with Gasteiger partial charge in [0.15, 0.2) is 0 Å². The molecule has 126 valence electrons. The lowest BCUT2D eigenvalue weighted by atomic mass is 10.0. The van der Waals surface area contributed by atoms with Crippen LogP contribution in [0.15, 0.2) is 39.8 Å². The zero-order chi connectivity index (χ0) is 17.3. The third kappa shape index (κ3) is 4.43. The van der Waals surface area contributed by atoms with E-state index in [4.69, 9.17) is 4.42 Å². The van der Waals surface area contributed by atoms with Crippen molar-refractivity contribution in [2.75, 3.05) is 6.54 Å². The maximum Gasteiger partial charge on any atom is 0.240 e. The summed E-state index contributed by atoms with van der Waals surface area (Å²) >= 11 is 0. The van der Waals surface area contributed by atoms with E-state index in [2.05, 4.69) is 4.72 Å².